The van der Waals surface area contributed by atoms with Crippen LogP contribution in [0.25, 0.3) is 0 Å². The first-order valence-corrected chi connectivity index (χ1v) is 6.48. The van der Waals surface area contributed by atoms with Crippen molar-refractivity contribution in [2.24, 2.45) is 0 Å². The van der Waals surface area contributed by atoms with E-state index in [0.717, 1.165) is 12.8 Å². The van der Waals surface area contributed by atoms with Crippen LogP contribution in [0.5, 0.6) is 0 Å². The average Bonchev–Trinajstić information content (AvgIpc) is 2.22. The van der Waals surface area contributed by atoms with Crippen LogP contribution in [-0.4, -0.2) is 18.0 Å². The zero-order valence-corrected chi connectivity index (χ0v) is 11.1. The molecule has 0 aliphatic heterocycles. The lowest BCUT2D eigenvalue weighted by molar-refractivity contribution is -0.0313. The largest absolute Gasteiger partial charge is 0.367 e. The van der Waals surface area contributed by atoms with Crippen molar-refractivity contribution in [1.82, 2.24) is 0 Å². The fourth-order valence-corrected chi connectivity index (χ4v) is 2.27. The van der Waals surface area contributed by atoms with Crippen molar-refractivity contribution in [3.63, 3.8) is 0 Å². The highest BCUT2D eigenvalue weighted by Crippen LogP contribution is 2.26. The molecule has 0 saturated heterocycles. The number of halogens is 2. The molecule has 0 heterocycles. The fraction of sp³-hybridized carbons (Fsp3) is 0.462. The number of hydrogen-bond donors (Lipinski definition) is 0. The Morgan fingerprint density at radius 1 is 1.41 bits per heavy atom. The summed E-state index contributed by atoms with van der Waals surface area (Å²) in [6, 6.07) is 4.89. The molecule has 1 unspecified atom stereocenters. The Bertz CT molecular complexity index is 427. The maximum absolute atomic E-state index is 12.1. The molecule has 1 aliphatic rings. The van der Waals surface area contributed by atoms with E-state index in [4.69, 9.17) is 27.9 Å². The van der Waals surface area contributed by atoms with Crippen LogP contribution < -0.4 is 0 Å². The number of carbonyl (C=O) groups excluding carboxylic acids is 1. The minimum atomic E-state index is -0.445. The van der Waals surface area contributed by atoms with Crippen molar-refractivity contribution < 1.29 is 9.53 Å². The van der Waals surface area contributed by atoms with Crippen LogP contribution in [0.4, 0.5) is 0 Å². The molecular formula is C13H14Cl2O2. The molecular weight excluding hydrogens is 259 g/mol. The van der Waals surface area contributed by atoms with Gasteiger partial charge in [0.1, 0.15) is 6.10 Å². The molecule has 1 aromatic rings. The van der Waals surface area contributed by atoms with Gasteiger partial charge in [-0.1, -0.05) is 23.2 Å². The molecule has 0 bridgehead atoms. The van der Waals surface area contributed by atoms with Gasteiger partial charge in [-0.2, -0.15) is 0 Å². The zero-order valence-electron chi connectivity index (χ0n) is 9.58. The van der Waals surface area contributed by atoms with Crippen molar-refractivity contribution in [3.8, 4) is 0 Å². The van der Waals surface area contributed by atoms with Crippen molar-refractivity contribution in [2.75, 3.05) is 0 Å². The Labute approximate surface area is 111 Å². The zero-order chi connectivity index (χ0) is 12.4. The van der Waals surface area contributed by atoms with Gasteiger partial charge in [0.15, 0.2) is 5.78 Å². The van der Waals surface area contributed by atoms with Crippen LogP contribution >= 0.6 is 23.2 Å². The molecule has 0 radical (unpaired) electrons. The molecule has 0 N–H and O–H groups in total. The molecule has 4 heteroatoms. The maximum Gasteiger partial charge on any atom is 0.192 e. The van der Waals surface area contributed by atoms with Gasteiger partial charge in [0.25, 0.3) is 0 Å². The lowest BCUT2D eigenvalue weighted by Gasteiger charge is -2.28. The Balaban J connectivity index is 2.07. The monoisotopic (exact) mass is 272 g/mol. The van der Waals surface area contributed by atoms with E-state index in [1.807, 2.05) is 0 Å². The van der Waals surface area contributed by atoms with E-state index in [9.17, 15) is 4.79 Å². The molecule has 0 spiro atoms. The number of rotatable bonds is 4. The number of ether oxygens (including phenoxy) is 1. The van der Waals surface area contributed by atoms with E-state index in [1.165, 1.54) is 6.42 Å². The molecule has 92 valence electrons. The van der Waals surface area contributed by atoms with Gasteiger partial charge >= 0.3 is 0 Å². The van der Waals surface area contributed by atoms with Crippen LogP contribution in [0.15, 0.2) is 18.2 Å². The second-order valence-electron chi connectivity index (χ2n) is 4.32. The summed E-state index contributed by atoms with van der Waals surface area (Å²) in [5.74, 6) is -0.0847. The highest BCUT2D eigenvalue weighted by Gasteiger charge is 2.25. The van der Waals surface area contributed by atoms with E-state index in [2.05, 4.69) is 0 Å². The Hall–Kier alpha value is -0.570. The van der Waals surface area contributed by atoms with E-state index in [-0.39, 0.29) is 11.9 Å². The fourth-order valence-electron chi connectivity index (χ4n) is 1.77. The first-order valence-electron chi connectivity index (χ1n) is 5.72. The smallest absolute Gasteiger partial charge is 0.192 e. The molecule has 1 saturated carbocycles. The predicted octanol–water partition coefficient (Wildman–Crippen LogP) is 4.13. The van der Waals surface area contributed by atoms with E-state index in [1.54, 1.807) is 25.1 Å². The summed E-state index contributed by atoms with van der Waals surface area (Å²) in [4.78, 5) is 12.1. The molecule has 0 aromatic heterocycles. The summed E-state index contributed by atoms with van der Waals surface area (Å²) < 4.78 is 5.65. The second-order valence-corrected chi connectivity index (χ2v) is 5.16. The third kappa shape index (κ3) is 3.01. The van der Waals surface area contributed by atoms with E-state index >= 15 is 0 Å². The van der Waals surface area contributed by atoms with Crippen molar-refractivity contribution in [1.29, 1.82) is 0 Å². The lowest BCUT2D eigenvalue weighted by atomic mass is 9.95. The standard InChI is InChI=1S/C13H14Cl2O2/c1-8(17-10-3-2-4-10)13(16)11-6-5-9(14)7-12(11)15/h5-8,10H,2-4H2,1H3. The average molecular weight is 273 g/mol. The lowest BCUT2D eigenvalue weighted by Crippen LogP contribution is -2.31. The van der Waals surface area contributed by atoms with Crippen molar-refractivity contribution in [3.05, 3.63) is 33.8 Å². The summed E-state index contributed by atoms with van der Waals surface area (Å²) in [5.41, 5.74) is 0.475. The van der Waals surface area contributed by atoms with Crippen LogP contribution in [0, 0.1) is 0 Å². The first kappa shape index (κ1) is 12.9. The summed E-state index contributed by atoms with van der Waals surface area (Å²) in [7, 11) is 0. The summed E-state index contributed by atoms with van der Waals surface area (Å²) in [5, 5.41) is 0.908. The highest BCUT2D eigenvalue weighted by molar-refractivity contribution is 6.37. The number of benzene rings is 1. The molecule has 2 nitrogen and oxygen atoms in total. The number of Topliss-reactive ketones (excluding diaryl/α,β-unsaturated/α-hetero) is 1. The van der Waals surface area contributed by atoms with Gasteiger partial charge in [-0.25, -0.2) is 0 Å². The van der Waals surface area contributed by atoms with Gasteiger partial charge in [0, 0.05) is 10.6 Å². The minimum Gasteiger partial charge on any atom is -0.367 e. The summed E-state index contributed by atoms with van der Waals surface area (Å²) in [6.07, 6.45) is 3.07. The topological polar surface area (TPSA) is 26.3 Å². The molecule has 1 aliphatic carbocycles. The van der Waals surface area contributed by atoms with Crippen LogP contribution in [0.3, 0.4) is 0 Å². The molecule has 17 heavy (non-hydrogen) atoms. The van der Waals surface area contributed by atoms with Crippen LogP contribution in [-0.2, 0) is 4.74 Å². The van der Waals surface area contributed by atoms with Crippen molar-refractivity contribution in [2.45, 2.75) is 38.4 Å². The maximum atomic E-state index is 12.1. The predicted molar refractivity (Wildman–Crippen MR) is 69.0 cm³/mol. The van der Waals surface area contributed by atoms with E-state index in [0.29, 0.717) is 15.6 Å². The molecule has 1 fully saturated rings. The Morgan fingerprint density at radius 2 is 2.12 bits per heavy atom. The summed E-state index contributed by atoms with van der Waals surface area (Å²) in [6.45, 7) is 1.77. The van der Waals surface area contributed by atoms with Crippen LogP contribution in [0.1, 0.15) is 36.5 Å². The number of ketones is 1. The quantitative estimate of drug-likeness (QED) is 0.771. The molecule has 1 atom stereocenters. The molecule has 1 aromatic carbocycles. The third-order valence-corrected chi connectivity index (χ3v) is 3.56. The Morgan fingerprint density at radius 3 is 2.65 bits per heavy atom. The van der Waals surface area contributed by atoms with Gasteiger partial charge in [0.05, 0.1) is 11.1 Å². The number of hydrogen-bond acceptors (Lipinski definition) is 2. The Kier molecular flexibility index (Phi) is 4.08. The minimum absolute atomic E-state index is 0.0847. The van der Waals surface area contributed by atoms with Gasteiger partial charge in [-0.3, -0.25) is 4.79 Å². The summed E-state index contributed by atoms with van der Waals surface area (Å²) >= 11 is 11.8. The molecule has 2 rings (SSSR count). The van der Waals surface area contributed by atoms with Crippen molar-refractivity contribution >= 4 is 29.0 Å². The number of carbonyl (C=O) groups is 1. The van der Waals surface area contributed by atoms with Crippen LogP contribution in [0.2, 0.25) is 10.0 Å². The van der Waals surface area contributed by atoms with Gasteiger partial charge in [-0.15, -0.1) is 0 Å². The first-order chi connectivity index (χ1) is 8.08. The third-order valence-electron chi connectivity index (χ3n) is 3.01. The van der Waals surface area contributed by atoms with Gasteiger partial charge in [0.2, 0.25) is 0 Å². The normalized spacial score (nSPS) is 17.6. The highest BCUT2D eigenvalue weighted by atomic mass is 35.5. The second kappa shape index (κ2) is 5.38. The van der Waals surface area contributed by atoms with E-state index < -0.39 is 6.10 Å². The molecule has 0 amide bonds. The SMILES string of the molecule is CC(OC1CCC1)C(=O)c1ccc(Cl)cc1Cl. The van der Waals surface area contributed by atoms with Gasteiger partial charge < -0.3 is 4.74 Å². The van der Waals surface area contributed by atoms with Gasteiger partial charge in [-0.05, 0) is 44.4 Å².